The fourth-order valence-corrected chi connectivity index (χ4v) is 2.04. The summed E-state index contributed by atoms with van der Waals surface area (Å²) in [7, 11) is 0. The zero-order chi connectivity index (χ0) is 17.5. The maximum absolute atomic E-state index is 11.8. The van der Waals surface area contributed by atoms with Gasteiger partial charge in [0.2, 0.25) is 0 Å². The molecule has 2 rings (SSSR count). The molecule has 0 aliphatic heterocycles. The van der Waals surface area contributed by atoms with E-state index in [9.17, 15) is 19.2 Å². The Morgan fingerprint density at radius 1 is 1.21 bits per heavy atom. The van der Waals surface area contributed by atoms with Crippen molar-refractivity contribution in [3.8, 4) is 0 Å². The van der Waals surface area contributed by atoms with Crippen LogP contribution < -0.4 is 16.6 Å². The summed E-state index contributed by atoms with van der Waals surface area (Å²) in [5.41, 5.74) is 0.356. The van der Waals surface area contributed by atoms with Gasteiger partial charge in [-0.2, -0.15) is 0 Å². The van der Waals surface area contributed by atoms with Gasteiger partial charge < -0.3 is 10.1 Å². The largest absolute Gasteiger partial charge is 0.454 e. The van der Waals surface area contributed by atoms with Crippen LogP contribution in [0.1, 0.15) is 12.5 Å². The zero-order valence-electron chi connectivity index (χ0n) is 13.1. The van der Waals surface area contributed by atoms with E-state index in [1.54, 1.807) is 12.1 Å². The molecule has 1 heterocycles. The van der Waals surface area contributed by atoms with Gasteiger partial charge >= 0.3 is 11.7 Å². The Balaban J connectivity index is 1.88. The van der Waals surface area contributed by atoms with Crippen LogP contribution in [0.4, 0.5) is 5.69 Å². The molecule has 0 saturated heterocycles. The number of aryl methyl sites for hydroxylation is 1. The quantitative estimate of drug-likeness (QED) is 0.739. The lowest BCUT2D eigenvalue weighted by atomic mass is 10.1. The molecule has 0 radical (unpaired) electrons. The molecule has 126 valence electrons. The summed E-state index contributed by atoms with van der Waals surface area (Å²) in [4.78, 5) is 47.9. The summed E-state index contributed by atoms with van der Waals surface area (Å²) in [6.07, 6.45) is 1.94. The van der Waals surface area contributed by atoms with Crippen molar-refractivity contribution in [1.29, 1.82) is 0 Å². The van der Waals surface area contributed by atoms with Gasteiger partial charge in [-0.05, 0) is 18.1 Å². The van der Waals surface area contributed by atoms with Crippen molar-refractivity contribution in [3.05, 3.63) is 62.9 Å². The minimum atomic E-state index is -0.761. The van der Waals surface area contributed by atoms with Gasteiger partial charge in [0.1, 0.15) is 6.54 Å². The summed E-state index contributed by atoms with van der Waals surface area (Å²) in [5.74, 6) is -1.24. The number of hydrogen-bond acceptors (Lipinski definition) is 5. The third kappa shape index (κ3) is 4.67. The number of hydrogen-bond donors (Lipinski definition) is 2. The monoisotopic (exact) mass is 331 g/mol. The lowest BCUT2D eigenvalue weighted by Crippen LogP contribution is -2.32. The minimum absolute atomic E-state index is 0.394. The molecule has 2 N–H and O–H groups in total. The van der Waals surface area contributed by atoms with Gasteiger partial charge in [-0.25, -0.2) is 4.79 Å². The van der Waals surface area contributed by atoms with E-state index in [1.165, 1.54) is 6.20 Å². The van der Waals surface area contributed by atoms with Crippen molar-refractivity contribution in [2.75, 3.05) is 11.9 Å². The number of benzene rings is 1. The van der Waals surface area contributed by atoms with Crippen molar-refractivity contribution >= 4 is 17.6 Å². The number of ether oxygens (including phenoxy) is 1. The number of aromatic amines is 1. The Hall–Kier alpha value is -3.16. The van der Waals surface area contributed by atoms with Crippen LogP contribution in [0.15, 0.2) is 46.1 Å². The SMILES string of the molecule is CCc1ccccc1NC(=O)COC(=O)Cn1ccc(=O)[nH]c1=O. The van der Waals surface area contributed by atoms with Crippen molar-refractivity contribution in [3.63, 3.8) is 0 Å². The smallest absolute Gasteiger partial charge is 0.328 e. The van der Waals surface area contributed by atoms with Crippen LogP contribution in [0.25, 0.3) is 0 Å². The van der Waals surface area contributed by atoms with Gasteiger partial charge in [0, 0.05) is 18.0 Å². The lowest BCUT2D eigenvalue weighted by Gasteiger charge is -2.10. The van der Waals surface area contributed by atoms with E-state index in [-0.39, 0.29) is 0 Å². The fourth-order valence-electron chi connectivity index (χ4n) is 2.04. The molecule has 0 saturated carbocycles. The van der Waals surface area contributed by atoms with Crippen LogP contribution in [-0.4, -0.2) is 28.0 Å². The van der Waals surface area contributed by atoms with Crippen molar-refractivity contribution in [2.24, 2.45) is 0 Å². The first-order valence-corrected chi connectivity index (χ1v) is 7.32. The first-order chi connectivity index (χ1) is 11.5. The third-order valence-electron chi connectivity index (χ3n) is 3.23. The van der Waals surface area contributed by atoms with E-state index < -0.39 is 36.3 Å². The molecule has 0 spiro atoms. The molecule has 1 amide bonds. The Morgan fingerprint density at radius 3 is 2.67 bits per heavy atom. The second-order valence-electron chi connectivity index (χ2n) is 4.96. The number of carbonyl (C=O) groups excluding carboxylic acids is 2. The number of amides is 1. The van der Waals surface area contributed by atoms with E-state index in [0.29, 0.717) is 5.69 Å². The molecule has 8 nitrogen and oxygen atoms in total. The second-order valence-corrected chi connectivity index (χ2v) is 4.96. The molecule has 0 bridgehead atoms. The summed E-state index contributed by atoms with van der Waals surface area (Å²) in [6, 6.07) is 8.44. The van der Waals surface area contributed by atoms with Crippen molar-refractivity contribution in [2.45, 2.75) is 19.9 Å². The average Bonchev–Trinajstić information content (AvgIpc) is 2.56. The Kier molecular flexibility index (Phi) is 5.67. The zero-order valence-corrected chi connectivity index (χ0v) is 13.1. The normalized spacial score (nSPS) is 10.2. The number of rotatable bonds is 6. The molecule has 1 aromatic heterocycles. The third-order valence-corrected chi connectivity index (χ3v) is 3.23. The molecule has 2 aromatic rings. The van der Waals surface area contributed by atoms with E-state index in [4.69, 9.17) is 4.74 Å². The van der Waals surface area contributed by atoms with Crippen LogP contribution in [0.5, 0.6) is 0 Å². The Bertz CT molecular complexity index is 853. The molecule has 8 heteroatoms. The maximum atomic E-state index is 11.8. The molecular weight excluding hydrogens is 314 g/mol. The maximum Gasteiger partial charge on any atom is 0.328 e. The molecule has 0 atom stereocenters. The second kappa shape index (κ2) is 7.91. The molecule has 0 aliphatic carbocycles. The molecule has 1 aromatic carbocycles. The molecule has 0 unspecified atom stereocenters. The fraction of sp³-hybridized carbons (Fsp3) is 0.250. The Morgan fingerprint density at radius 2 is 1.96 bits per heavy atom. The summed E-state index contributed by atoms with van der Waals surface area (Å²) in [5, 5.41) is 2.67. The lowest BCUT2D eigenvalue weighted by molar-refractivity contribution is -0.148. The first kappa shape index (κ1) is 17.2. The highest BCUT2D eigenvalue weighted by Crippen LogP contribution is 2.15. The number of nitrogens with zero attached hydrogens (tertiary/aromatic N) is 1. The van der Waals surface area contributed by atoms with Crippen LogP contribution >= 0.6 is 0 Å². The van der Waals surface area contributed by atoms with E-state index in [1.807, 2.05) is 24.0 Å². The predicted octanol–water partition coefficient (Wildman–Crippen LogP) is 0.281. The van der Waals surface area contributed by atoms with Crippen LogP contribution in [0.3, 0.4) is 0 Å². The highest BCUT2D eigenvalue weighted by molar-refractivity contribution is 5.93. The summed E-state index contributed by atoms with van der Waals surface area (Å²) < 4.78 is 5.82. The van der Waals surface area contributed by atoms with E-state index in [0.717, 1.165) is 22.6 Å². The van der Waals surface area contributed by atoms with Gasteiger partial charge in [0.15, 0.2) is 6.61 Å². The van der Waals surface area contributed by atoms with E-state index in [2.05, 4.69) is 5.32 Å². The number of aromatic nitrogens is 2. The van der Waals surface area contributed by atoms with Gasteiger partial charge in [0.05, 0.1) is 0 Å². The number of carbonyl (C=O) groups is 2. The van der Waals surface area contributed by atoms with Gasteiger partial charge in [-0.15, -0.1) is 0 Å². The van der Waals surface area contributed by atoms with Gasteiger partial charge in [-0.1, -0.05) is 25.1 Å². The van der Waals surface area contributed by atoms with Gasteiger partial charge in [0.25, 0.3) is 11.5 Å². The standard InChI is InChI=1S/C16H17N3O5/c1-2-11-5-3-4-6-12(11)17-14(21)10-24-15(22)9-19-8-7-13(20)18-16(19)23/h3-8H,2,9-10H2,1H3,(H,17,21)(H,18,20,23). The number of esters is 1. The Labute approximate surface area is 137 Å². The summed E-state index contributed by atoms with van der Waals surface area (Å²) in [6.45, 7) is 1.11. The predicted molar refractivity (Wildman–Crippen MR) is 86.7 cm³/mol. The van der Waals surface area contributed by atoms with Crippen molar-refractivity contribution in [1.82, 2.24) is 9.55 Å². The van der Waals surface area contributed by atoms with Crippen LogP contribution in [0.2, 0.25) is 0 Å². The van der Waals surface area contributed by atoms with E-state index >= 15 is 0 Å². The van der Waals surface area contributed by atoms with Gasteiger partial charge in [-0.3, -0.25) is 23.9 Å². The highest BCUT2D eigenvalue weighted by atomic mass is 16.5. The number of H-pyrrole nitrogens is 1. The summed E-state index contributed by atoms with van der Waals surface area (Å²) >= 11 is 0. The van der Waals surface area contributed by atoms with Crippen molar-refractivity contribution < 1.29 is 14.3 Å². The van der Waals surface area contributed by atoms with Crippen LogP contribution in [-0.2, 0) is 27.3 Å². The molecule has 24 heavy (non-hydrogen) atoms. The number of para-hydroxylation sites is 1. The highest BCUT2D eigenvalue weighted by Gasteiger charge is 2.10. The number of anilines is 1. The van der Waals surface area contributed by atoms with Crippen LogP contribution in [0, 0.1) is 0 Å². The minimum Gasteiger partial charge on any atom is -0.454 e. The molecule has 0 fully saturated rings. The topological polar surface area (TPSA) is 110 Å². The average molecular weight is 331 g/mol. The molecular formula is C16H17N3O5. The number of nitrogens with one attached hydrogen (secondary N) is 2. The first-order valence-electron chi connectivity index (χ1n) is 7.32. The molecule has 0 aliphatic rings.